The number of carbonyl (C=O) groups is 1. The summed E-state index contributed by atoms with van der Waals surface area (Å²) < 4.78 is 22.5. The van der Waals surface area contributed by atoms with Gasteiger partial charge in [-0.05, 0) is 53.3 Å². The maximum absolute atomic E-state index is 13.8. The molecule has 5 rings (SSSR count). The van der Waals surface area contributed by atoms with Gasteiger partial charge in [0.05, 0.1) is 11.4 Å². The lowest BCUT2D eigenvalue weighted by Gasteiger charge is -2.09. The van der Waals surface area contributed by atoms with Gasteiger partial charge in [0.2, 0.25) is 0 Å². The van der Waals surface area contributed by atoms with E-state index in [1.807, 2.05) is 66.9 Å². The highest BCUT2D eigenvalue weighted by atomic mass is 19.1. The molecule has 9 heteroatoms. The third kappa shape index (κ3) is 4.95. The van der Waals surface area contributed by atoms with Crippen LogP contribution in [-0.2, 0) is 16.1 Å². The van der Waals surface area contributed by atoms with Gasteiger partial charge in [0, 0.05) is 17.3 Å². The normalized spacial score (nSPS) is 11.4. The maximum atomic E-state index is 13.8. The lowest BCUT2D eigenvalue weighted by atomic mass is 10.1. The van der Waals surface area contributed by atoms with Gasteiger partial charge < -0.3 is 4.74 Å². The number of ether oxygens (including phenoxy) is 1. The van der Waals surface area contributed by atoms with Crippen LogP contribution in [0.5, 0.6) is 0 Å². The number of nitrogens with zero attached hydrogens (tertiary/aromatic N) is 6. The van der Waals surface area contributed by atoms with Crippen molar-refractivity contribution >= 4 is 17.7 Å². The minimum absolute atomic E-state index is 0.0441. The zero-order chi connectivity index (χ0) is 24.9. The first-order chi connectivity index (χ1) is 17.6. The van der Waals surface area contributed by atoms with E-state index in [1.54, 1.807) is 23.7 Å². The van der Waals surface area contributed by atoms with Crippen molar-refractivity contribution in [3.05, 3.63) is 114 Å². The van der Waals surface area contributed by atoms with Crippen LogP contribution < -0.4 is 0 Å². The van der Waals surface area contributed by atoms with Crippen molar-refractivity contribution in [2.45, 2.75) is 13.5 Å². The van der Waals surface area contributed by atoms with E-state index in [1.165, 1.54) is 22.9 Å². The number of aryl methyl sites for hydroxylation is 1. The van der Waals surface area contributed by atoms with Gasteiger partial charge in [-0.1, -0.05) is 60.7 Å². The van der Waals surface area contributed by atoms with Crippen molar-refractivity contribution in [2.24, 2.45) is 0 Å². The molecule has 8 nitrogen and oxygen atoms in total. The summed E-state index contributed by atoms with van der Waals surface area (Å²) in [5.41, 5.74) is 3.71. The Morgan fingerprint density at radius 3 is 2.44 bits per heavy atom. The smallest absolute Gasteiger partial charge is 0.357 e. The second-order valence-electron chi connectivity index (χ2n) is 7.95. The molecule has 0 saturated carbocycles. The highest BCUT2D eigenvalue weighted by Crippen LogP contribution is 2.25. The second kappa shape index (κ2) is 10.1. The Hall–Kier alpha value is -4.92. The van der Waals surface area contributed by atoms with Gasteiger partial charge in [-0.2, -0.15) is 9.78 Å². The zero-order valence-corrected chi connectivity index (χ0v) is 19.3. The number of tetrazole rings is 1. The van der Waals surface area contributed by atoms with Crippen LogP contribution in [0.25, 0.3) is 28.7 Å². The van der Waals surface area contributed by atoms with Crippen LogP contribution in [0.15, 0.2) is 91.1 Å². The highest BCUT2D eigenvalue weighted by Gasteiger charge is 2.20. The molecule has 2 heterocycles. The van der Waals surface area contributed by atoms with E-state index in [2.05, 4.69) is 15.5 Å². The molecule has 0 radical (unpaired) electrons. The number of carbonyl (C=O) groups excluding carboxylic acids is 1. The summed E-state index contributed by atoms with van der Waals surface area (Å²) in [7, 11) is 0. The van der Waals surface area contributed by atoms with Gasteiger partial charge in [0.15, 0.2) is 11.5 Å². The minimum Gasteiger partial charge on any atom is -0.456 e. The number of rotatable bonds is 7. The Kier molecular flexibility index (Phi) is 6.44. The summed E-state index contributed by atoms with van der Waals surface area (Å²) in [5.74, 6) is -0.705. The number of hydrogen-bond donors (Lipinski definition) is 0. The average molecular weight is 481 g/mol. The van der Waals surface area contributed by atoms with Crippen LogP contribution in [0.3, 0.4) is 0 Å². The first-order valence-corrected chi connectivity index (χ1v) is 11.2. The molecular weight excluding hydrogens is 459 g/mol. The standard InChI is InChI=1S/C27H21FN6O2/c1-19-29-31-32-34(19)25(16-20-9-8-12-23(28)15-20)27(35)36-18-22-17-33(24-13-6-3-7-14-24)30-26(22)21-10-4-2-5-11-21/h2-17H,18H2,1H3/b25-16-. The molecule has 36 heavy (non-hydrogen) atoms. The molecule has 2 aromatic heterocycles. The number of para-hydroxylation sites is 1. The molecule has 5 aromatic rings. The number of aromatic nitrogens is 6. The first-order valence-electron chi connectivity index (χ1n) is 11.2. The van der Waals surface area contributed by atoms with Crippen molar-refractivity contribution in [3.8, 4) is 16.9 Å². The van der Waals surface area contributed by atoms with E-state index < -0.39 is 11.8 Å². The van der Waals surface area contributed by atoms with Gasteiger partial charge >= 0.3 is 5.97 Å². The SMILES string of the molecule is Cc1nnnn1/C(=C\c1cccc(F)c1)C(=O)OCc1cn(-c2ccccc2)nc1-c1ccccc1. The predicted molar refractivity (Wildman–Crippen MR) is 132 cm³/mol. The number of hydrogen-bond acceptors (Lipinski definition) is 6. The molecule has 0 fully saturated rings. The summed E-state index contributed by atoms with van der Waals surface area (Å²) in [6.07, 6.45) is 3.32. The van der Waals surface area contributed by atoms with Crippen molar-refractivity contribution in [1.82, 2.24) is 30.0 Å². The van der Waals surface area contributed by atoms with Crippen LogP contribution in [0.1, 0.15) is 17.0 Å². The van der Waals surface area contributed by atoms with E-state index >= 15 is 0 Å². The molecule has 178 valence electrons. The van der Waals surface area contributed by atoms with Gasteiger partial charge in [-0.25, -0.2) is 13.9 Å². The second-order valence-corrected chi connectivity index (χ2v) is 7.95. The lowest BCUT2D eigenvalue weighted by Crippen LogP contribution is -2.15. The van der Waals surface area contributed by atoms with Crippen LogP contribution >= 0.6 is 0 Å². The predicted octanol–water partition coefficient (Wildman–Crippen LogP) is 4.71. The average Bonchev–Trinajstić information content (AvgIpc) is 3.53. The molecule has 0 unspecified atom stereocenters. The van der Waals surface area contributed by atoms with E-state index in [4.69, 9.17) is 9.84 Å². The largest absolute Gasteiger partial charge is 0.456 e. The fourth-order valence-electron chi connectivity index (χ4n) is 3.70. The Morgan fingerprint density at radius 1 is 1.00 bits per heavy atom. The molecule has 3 aromatic carbocycles. The lowest BCUT2D eigenvalue weighted by molar-refractivity contribution is -0.138. The van der Waals surface area contributed by atoms with E-state index in [9.17, 15) is 9.18 Å². The third-order valence-electron chi connectivity index (χ3n) is 5.43. The molecule has 0 saturated heterocycles. The van der Waals surface area contributed by atoms with E-state index in [0.29, 0.717) is 17.1 Å². The third-order valence-corrected chi connectivity index (χ3v) is 5.43. The highest BCUT2D eigenvalue weighted by molar-refractivity contribution is 6.15. The summed E-state index contributed by atoms with van der Waals surface area (Å²) >= 11 is 0. The van der Waals surface area contributed by atoms with E-state index in [-0.39, 0.29) is 12.3 Å². The van der Waals surface area contributed by atoms with Crippen LogP contribution in [0.4, 0.5) is 4.39 Å². The molecular formula is C27H21FN6O2. The zero-order valence-electron chi connectivity index (χ0n) is 19.3. The molecule has 0 aliphatic carbocycles. The Morgan fingerprint density at radius 2 is 1.75 bits per heavy atom. The first kappa shape index (κ1) is 22.9. The number of benzene rings is 3. The fraction of sp³-hybridized carbons (Fsp3) is 0.0741. The topological polar surface area (TPSA) is 87.7 Å². The Balaban J connectivity index is 1.47. The molecule has 0 N–H and O–H groups in total. The minimum atomic E-state index is -0.666. The summed E-state index contributed by atoms with van der Waals surface area (Å²) in [6.45, 7) is 1.61. The summed E-state index contributed by atoms with van der Waals surface area (Å²) in [5, 5.41) is 16.1. The van der Waals surface area contributed by atoms with Gasteiger partial charge in [0.1, 0.15) is 12.4 Å². The van der Waals surface area contributed by atoms with Gasteiger partial charge in [-0.15, -0.1) is 5.10 Å². The molecule has 0 amide bonds. The Labute approximate surface area is 206 Å². The van der Waals surface area contributed by atoms with Crippen molar-refractivity contribution in [3.63, 3.8) is 0 Å². The molecule has 0 atom stereocenters. The van der Waals surface area contributed by atoms with E-state index in [0.717, 1.165) is 16.8 Å². The maximum Gasteiger partial charge on any atom is 0.357 e. The van der Waals surface area contributed by atoms with Crippen molar-refractivity contribution in [1.29, 1.82) is 0 Å². The van der Waals surface area contributed by atoms with Crippen LogP contribution in [0.2, 0.25) is 0 Å². The summed E-state index contributed by atoms with van der Waals surface area (Å²) in [6, 6.07) is 25.2. The number of halogens is 1. The molecule has 0 aliphatic heterocycles. The molecule has 0 bridgehead atoms. The van der Waals surface area contributed by atoms with Crippen LogP contribution in [-0.4, -0.2) is 36.0 Å². The summed E-state index contributed by atoms with van der Waals surface area (Å²) in [4.78, 5) is 13.3. The monoisotopic (exact) mass is 480 g/mol. The molecule has 0 aliphatic rings. The quantitative estimate of drug-likeness (QED) is 0.248. The van der Waals surface area contributed by atoms with Crippen LogP contribution in [0, 0.1) is 12.7 Å². The van der Waals surface area contributed by atoms with Crippen molar-refractivity contribution in [2.75, 3.05) is 0 Å². The van der Waals surface area contributed by atoms with Gasteiger partial charge in [0.25, 0.3) is 0 Å². The van der Waals surface area contributed by atoms with Gasteiger partial charge in [-0.3, -0.25) is 0 Å². The number of esters is 1. The Bertz CT molecular complexity index is 1530. The fourth-order valence-corrected chi connectivity index (χ4v) is 3.70. The molecule has 0 spiro atoms. The van der Waals surface area contributed by atoms with Crippen molar-refractivity contribution < 1.29 is 13.9 Å².